The van der Waals surface area contributed by atoms with E-state index < -0.39 is 0 Å². The Hall–Kier alpha value is -1.01. The van der Waals surface area contributed by atoms with Crippen molar-refractivity contribution in [3.8, 4) is 21.8 Å². The van der Waals surface area contributed by atoms with Gasteiger partial charge in [0.25, 0.3) is 0 Å². The average Bonchev–Trinajstić information content (AvgIpc) is 2.99. The molecule has 2 aromatic heterocycles. The maximum absolute atomic E-state index is 6.06. The van der Waals surface area contributed by atoms with E-state index in [1.807, 2.05) is 17.5 Å². The highest BCUT2D eigenvalue weighted by Gasteiger charge is 2.21. The van der Waals surface area contributed by atoms with Gasteiger partial charge in [0.1, 0.15) is 0 Å². The molecule has 0 aliphatic rings. The lowest BCUT2D eigenvalue weighted by Crippen LogP contribution is -1.88. The number of nitrogen functional groups attached to an aromatic ring is 1. The lowest BCUT2D eigenvalue weighted by molar-refractivity contribution is 0.437. The predicted molar refractivity (Wildman–Crippen MR) is 87.4 cm³/mol. The molecule has 0 spiro atoms. The number of nitrogens with two attached hydrogens (primary N) is 1. The molecule has 0 saturated carbocycles. The Morgan fingerprint density at radius 3 is 2.65 bits per heavy atom. The van der Waals surface area contributed by atoms with Crippen LogP contribution in [0.25, 0.3) is 21.8 Å². The molecule has 102 valence electrons. The van der Waals surface area contributed by atoms with Crippen molar-refractivity contribution in [3.05, 3.63) is 44.2 Å². The van der Waals surface area contributed by atoms with E-state index in [1.165, 1.54) is 11.3 Å². The van der Waals surface area contributed by atoms with E-state index in [4.69, 9.17) is 33.5 Å². The standard InChI is InChI=1S/C13H7BrCl2N2OS/c14-7-3-4-20-12(7)11-10(13(17)18-19-11)6-1-2-8(15)9(16)5-6/h1-5H,(H2,17,18). The Bertz CT molecular complexity index is 785. The summed E-state index contributed by atoms with van der Waals surface area (Å²) >= 11 is 17.0. The maximum Gasteiger partial charge on any atom is 0.187 e. The van der Waals surface area contributed by atoms with Gasteiger partial charge in [0.2, 0.25) is 0 Å². The van der Waals surface area contributed by atoms with E-state index in [9.17, 15) is 0 Å². The third-order valence-corrected chi connectivity index (χ3v) is 5.33. The quantitative estimate of drug-likeness (QED) is 0.609. The van der Waals surface area contributed by atoms with Crippen molar-refractivity contribution in [2.24, 2.45) is 0 Å². The molecule has 2 heterocycles. The van der Waals surface area contributed by atoms with Crippen LogP contribution in [0.3, 0.4) is 0 Å². The van der Waals surface area contributed by atoms with Gasteiger partial charge >= 0.3 is 0 Å². The fraction of sp³-hybridized carbons (Fsp3) is 0. The Labute approximate surface area is 137 Å². The van der Waals surface area contributed by atoms with E-state index >= 15 is 0 Å². The van der Waals surface area contributed by atoms with Crippen molar-refractivity contribution >= 4 is 56.3 Å². The fourth-order valence-electron chi connectivity index (χ4n) is 1.84. The molecule has 0 amide bonds. The van der Waals surface area contributed by atoms with Gasteiger partial charge in [0.15, 0.2) is 11.6 Å². The molecule has 0 aliphatic carbocycles. The summed E-state index contributed by atoms with van der Waals surface area (Å²) in [6.07, 6.45) is 0. The van der Waals surface area contributed by atoms with Gasteiger partial charge < -0.3 is 10.3 Å². The number of hydrogen-bond donors (Lipinski definition) is 1. The highest BCUT2D eigenvalue weighted by Crippen LogP contribution is 2.43. The number of rotatable bonds is 2. The van der Waals surface area contributed by atoms with Crippen molar-refractivity contribution in [2.45, 2.75) is 0 Å². The molecular formula is C13H7BrCl2N2OS. The zero-order valence-corrected chi connectivity index (χ0v) is 13.8. The zero-order valence-electron chi connectivity index (χ0n) is 9.86. The summed E-state index contributed by atoms with van der Waals surface area (Å²) in [5.74, 6) is 0.932. The molecule has 3 aromatic rings. The largest absolute Gasteiger partial charge is 0.380 e. The smallest absolute Gasteiger partial charge is 0.187 e. The van der Waals surface area contributed by atoms with Crippen LogP contribution >= 0.6 is 50.5 Å². The Kier molecular flexibility index (Phi) is 3.77. The van der Waals surface area contributed by atoms with Gasteiger partial charge in [-0.2, -0.15) is 0 Å². The topological polar surface area (TPSA) is 52.0 Å². The number of thiophene rings is 1. The van der Waals surface area contributed by atoms with Crippen molar-refractivity contribution in [1.29, 1.82) is 0 Å². The summed E-state index contributed by atoms with van der Waals surface area (Å²) in [4.78, 5) is 0.926. The monoisotopic (exact) mass is 388 g/mol. The molecule has 0 atom stereocenters. The van der Waals surface area contributed by atoms with Gasteiger partial charge in [-0.1, -0.05) is 34.4 Å². The number of halogens is 3. The third kappa shape index (κ3) is 2.35. The summed E-state index contributed by atoms with van der Waals surface area (Å²) in [7, 11) is 0. The number of nitrogens with zero attached hydrogens (tertiary/aromatic N) is 1. The number of hydrogen-bond acceptors (Lipinski definition) is 4. The summed E-state index contributed by atoms with van der Waals surface area (Å²) in [5, 5.41) is 6.76. The molecule has 0 unspecified atom stereocenters. The van der Waals surface area contributed by atoms with Crippen molar-refractivity contribution < 1.29 is 4.52 Å². The van der Waals surface area contributed by atoms with Gasteiger partial charge in [0.05, 0.1) is 20.5 Å². The predicted octanol–water partition coefficient (Wildman–Crippen LogP) is 5.72. The second kappa shape index (κ2) is 5.41. The Balaban J connectivity index is 2.21. The molecule has 0 aliphatic heterocycles. The van der Waals surface area contributed by atoms with E-state index in [1.54, 1.807) is 12.1 Å². The normalized spacial score (nSPS) is 10.9. The van der Waals surface area contributed by atoms with E-state index in [-0.39, 0.29) is 0 Å². The fourth-order valence-corrected chi connectivity index (χ4v) is 3.68. The van der Waals surface area contributed by atoms with Crippen LogP contribution < -0.4 is 5.73 Å². The Morgan fingerprint density at radius 1 is 1.20 bits per heavy atom. The van der Waals surface area contributed by atoms with Crippen LogP contribution in [0.4, 0.5) is 5.82 Å². The summed E-state index contributed by atoms with van der Waals surface area (Å²) in [6.45, 7) is 0. The molecular weight excluding hydrogens is 383 g/mol. The second-order valence-electron chi connectivity index (χ2n) is 4.00. The molecule has 1 aromatic carbocycles. The number of aromatic nitrogens is 1. The maximum atomic E-state index is 6.06. The molecule has 3 nitrogen and oxygen atoms in total. The second-order valence-corrected chi connectivity index (χ2v) is 6.58. The van der Waals surface area contributed by atoms with Crippen LogP contribution in [0.5, 0.6) is 0 Å². The third-order valence-electron chi connectivity index (χ3n) is 2.75. The van der Waals surface area contributed by atoms with Crippen LogP contribution in [0.15, 0.2) is 38.6 Å². The van der Waals surface area contributed by atoms with E-state index in [2.05, 4.69) is 21.1 Å². The minimum Gasteiger partial charge on any atom is -0.380 e. The van der Waals surface area contributed by atoms with Gasteiger partial charge in [0, 0.05) is 4.47 Å². The van der Waals surface area contributed by atoms with E-state index in [0.717, 1.165) is 14.9 Å². The van der Waals surface area contributed by atoms with Crippen LogP contribution in [0, 0.1) is 0 Å². The van der Waals surface area contributed by atoms with Crippen molar-refractivity contribution in [1.82, 2.24) is 5.16 Å². The molecule has 7 heteroatoms. The summed E-state index contributed by atoms with van der Waals surface area (Å²) in [5.41, 5.74) is 7.45. The average molecular weight is 390 g/mol. The first kappa shape index (κ1) is 13.9. The zero-order chi connectivity index (χ0) is 14.3. The number of benzene rings is 1. The molecule has 0 fully saturated rings. The molecule has 0 radical (unpaired) electrons. The van der Waals surface area contributed by atoms with Crippen molar-refractivity contribution in [2.75, 3.05) is 5.73 Å². The lowest BCUT2D eigenvalue weighted by atomic mass is 10.1. The minimum absolute atomic E-state index is 0.318. The van der Waals surface area contributed by atoms with Crippen LogP contribution in [-0.2, 0) is 0 Å². The highest BCUT2D eigenvalue weighted by molar-refractivity contribution is 9.10. The SMILES string of the molecule is Nc1noc(-c2sccc2Br)c1-c1ccc(Cl)c(Cl)c1. The lowest BCUT2D eigenvalue weighted by Gasteiger charge is -2.03. The van der Waals surface area contributed by atoms with Crippen LogP contribution in [-0.4, -0.2) is 5.16 Å². The van der Waals surface area contributed by atoms with Crippen LogP contribution in [0.1, 0.15) is 0 Å². The minimum atomic E-state index is 0.318. The van der Waals surface area contributed by atoms with Gasteiger partial charge in [-0.25, -0.2) is 0 Å². The Morgan fingerprint density at radius 2 is 2.00 bits per heavy atom. The summed E-state index contributed by atoms with van der Waals surface area (Å²) < 4.78 is 6.31. The number of anilines is 1. The first-order valence-electron chi connectivity index (χ1n) is 5.52. The highest BCUT2D eigenvalue weighted by atomic mass is 79.9. The first-order valence-corrected chi connectivity index (χ1v) is 7.94. The van der Waals surface area contributed by atoms with Crippen molar-refractivity contribution in [3.63, 3.8) is 0 Å². The van der Waals surface area contributed by atoms with Crippen LogP contribution in [0.2, 0.25) is 10.0 Å². The molecule has 0 saturated heterocycles. The molecule has 0 bridgehead atoms. The first-order chi connectivity index (χ1) is 9.58. The molecule has 20 heavy (non-hydrogen) atoms. The van der Waals surface area contributed by atoms with Gasteiger partial charge in [-0.15, -0.1) is 11.3 Å². The molecule has 2 N–H and O–H groups in total. The van der Waals surface area contributed by atoms with Gasteiger partial charge in [-0.05, 0) is 45.1 Å². The molecule has 3 rings (SSSR count). The van der Waals surface area contributed by atoms with E-state index in [0.29, 0.717) is 27.2 Å². The summed E-state index contributed by atoms with van der Waals surface area (Å²) in [6, 6.07) is 7.25. The van der Waals surface area contributed by atoms with Gasteiger partial charge in [-0.3, -0.25) is 0 Å².